The number of aromatic nitrogens is 2. The van der Waals surface area contributed by atoms with Crippen molar-refractivity contribution < 1.29 is 28.2 Å². The van der Waals surface area contributed by atoms with Crippen LogP contribution in [0.25, 0.3) is 11.5 Å². The molecule has 0 atom stereocenters. The van der Waals surface area contributed by atoms with Gasteiger partial charge in [-0.3, -0.25) is 9.59 Å². The lowest BCUT2D eigenvalue weighted by Gasteiger charge is -2.12. The highest BCUT2D eigenvalue weighted by Crippen LogP contribution is 2.41. The molecule has 0 aliphatic carbocycles. The number of nitrogens with zero attached hydrogens (tertiary/aromatic N) is 2. The van der Waals surface area contributed by atoms with Gasteiger partial charge in [-0.1, -0.05) is 11.8 Å². The van der Waals surface area contributed by atoms with Crippen LogP contribution in [0.4, 0.5) is 5.69 Å². The zero-order valence-electron chi connectivity index (χ0n) is 17.4. The summed E-state index contributed by atoms with van der Waals surface area (Å²) in [5.74, 6) is 1.42. The third-order valence-electron chi connectivity index (χ3n) is 4.22. The normalized spacial score (nSPS) is 10.5. The summed E-state index contributed by atoms with van der Waals surface area (Å²) in [5.41, 5.74) is 1.76. The Hall–Kier alpha value is -3.53. The fraction of sp³-hybridized carbons (Fsp3) is 0.238. The van der Waals surface area contributed by atoms with Gasteiger partial charge in [-0.2, -0.15) is 0 Å². The molecule has 0 aliphatic heterocycles. The topological polar surface area (TPSA) is 113 Å². The Morgan fingerprint density at radius 2 is 1.65 bits per heavy atom. The van der Waals surface area contributed by atoms with Crippen LogP contribution in [0.5, 0.6) is 17.2 Å². The van der Waals surface area contributed by atoms with E-state index in [0.717, 1.165) is 11.8 Å². The molecule has 9 nitrogen and oxygen atoms in total. The lowest BCUT2D eigenvalue weighted by Crippen LogP contribution is -2.14. The molecule has 1 amide bonds. The van der Waals surface area contributed by atoms with Crippen LogP contribution in [-0.4, -0.2) is 49.0 Å². The summed E-state index contributed by atoms with van der Waals surface area (Å²) in [5, 5.41) is 11.0. The maximum atomic E-state index is 12.2. The Bertz CT molecular complexity index is 1060. The van der Waals surface area contributed by atoms with E-state index in [4.69, 9.17) is 18.6 Å². The van der Waals surface area contributed by atoms with E-state index in [1.54, 1.807) is 36.4 Å². The number of Topliss-reactive ketones (excluding diaryl/α,β-unsaturated/α-hetero) is 1. The minimum absolute atomic E-state index is 0.0345. The molecule has 1 N–H and O–H groups in total. The molecule has 1 heterocycles. The fourth-order valence-corrected chi connectivity index (χ4v) is 3.27. The second kappa shape index (κ2) is 9.98. The van der Waals surface area contributed by atoms with Gasteiger partial charge in [0.05, 0.1) is 27.1 Å². The van der Waals surface area contributed by atoms with Gasteiger partial charge in [0.15, 0.2) is 17.3 Å². The number of hydrogen-bond donors (Lipinski definition) is 1. The lowest BCUT2D eigenvalue weighted by molar-refractivity contribution is -0.113. The average molecular weight is 443 g/mol. The molecule has 0 unspecified atom stereocenters. The fourth-order valence-electron chi connectivity index (χ4n) is 2.70. The molecule has 0 saturated heterocycles. The largest absolute Gasteiger partial charge is 0.493 e. The number of carbonyl (C=O) groups excluding carboxylic acids is 2. The molecule has 31 heavy (non-hydrogen) atoms. The predicted molar refractivity (Wildman–Crippen MR) is 115 cm³/mol. The molecular formula is C21H21N3O6S. The van der Waals surface area contributed by atoms with E-state index in [2.05, 4.69) is 15.5 Å². The summed E-state index contributed by atoms with van der Waals surface area (Å²) in [6.45, 7) is 1.49. The number of hydrogen-bond acceptors (Lipinski definition) is 9. The molecule has 10 heteroatoms. The first kappa shape index (κ1) is 22.2. The molecule has 0 aliphatic rings. The van der Waals surface area contributed by atoms with Gasteiger partial charge in [-0.25, -0.2) is 0 Å². The number of thioether (sulfide) groups is 1. The quantitative estimate of drug-likeness (QED) is 0.391. The monoisotopic (exact) mass is 443 g/mol. The smallest absolute Gasteiger partial charge is 0.277 e. The van der Waals surface area contributed by atoms with Gasteiger partial charge < -0.3 is 23.9 Å². The molecular weight excluding hydrogens is 422 g/mol. The summed E-state index contributed by atoms with van der Waals surface area (Å²) < 4.78 is 21.6. The Morgan fingerprint density at radius 1 is 1.00 bits per heavy atom. The van der Waals surface area contributed by atoms with Gasteiger partial charge >= 0.3 is 0 Å². The Kier molecular flexibility index (Phi) is 7.14. The maximum Gasteiger partial charge on any atom is 0.277 e. The third-order valence-corrected chi connectivity index (χ3v) is 5.04. The van der Waals surface area contributed by atoms with Crippen LogP contribution in [0.2, 0.25) is 0 Å². The molecule has 3 rings (SSSR count). The van der Waals surface area contributed by atoms with Crippen molar-refractivity contribution in [3.8, 4) is 28.7 Å². The van der Waals surface area contributed by atoms with Crippen molar-refractivity contribution in [2.24, 2.45) is 0 Å². The van der Waals surface area contributed by atoms with Gasteiger partial charge in [0.1, 0.15) is 0 Å². The second-order valence-electron chi connectivity index (χ2n) is 6.26. The Labute approximate surface area is 183 Å². The van der Waals surface area contributed by atoms with Crippen molar-refractivity contribution in [2.75, 3.05) is 32.4 Å². The molecule has 0 radical (unpaired) electrons. The maximum absolute atomic E-state index is 12.2. The zero-order chi connectivity index (χ0) is 22.4. The van der Waals surface area contributed by atoms with Gasteiger partial charge in [0, 0.05) is 16.8 Å². The summed E-state index contributed by atoms with van der Waals surface area (Å²) in [7, 11) is 4.55. The highest BCUT2D eigenvalue weighted by atomic mass is 32.2. The SMILES string of the molecule is COc1cc(-c2nnc(SCC(=O)Nc3ccc(C(C)=O)cc3)o2)cc(OC)c1OC. The highest BCUT2D eigenvalue weighted by molar-refractivity contribution is 7.99. The number of amides is 1. The Morgan fingerprint density at radius 3 is 2.19 bits per heavy atom. The number of ether oxygens (including phenoxy) is 3. The molecule has 3 aromatic rings. The van der Waals surface area contributed by atoms with E-state index >= 15 is 0 Å². The molecule has 162 valence electrons. The molecule has 0 spiro atoms. The minimum atomic E-state index is -0.242. The number of rotatable bonds is 9. The van der Waals surface area contributed by atoms with Gasteiger partial charge in [0.2, 0.25) is 17.5 Å². The number of ketones is 1. The van der Waals surface area contributed by atoms with Crippen molar-refractivity contribution in [1.82, 2.24) is 10.2 Å². The lowest BCUT2D eigenvalue weighted by atomic mass is 10.1. The van der Waals surface area contributed by atoms with E-state index in [1.807, 2.05) is 0 Å². The Balaban J connectivity index is 1.65. The minimum Gasteiger partial charge on any atom is -0.493 e. The van der Waals surface area contributed by atoms with Crippen LogP contribution in [0.1, 0.15) is 17.3 Å². The van der Waals surface area contributed by atoms with Crippen molar-refractivity contribution >= 4 is 29.1 Å². The number of methoxy groups -OCH3 is 3. The van der Waals surface area contributed by atoms with Crippen LogP contribution in [-0.2, 0) is 4.79 Å². The first-order valence-electron chi connectivity index (χ1n) is 9.12. The first-order valence-corrected chi connectivity index (χ1v) is 10.1. The third kappa shape index (κ3) is 5.34. The molecule has 0 fully saturated rings. The summed E-state index contributed by atoms with van der Waals surface area (Å²) in [6, 6.07) is 10.1. The van der Waals surface area contributed by atoms with E-state index in [9.17, 15) is 9.59 Å². The van der Waals surface area contributed by atoms with Crippen LogP contribution in [0, 0.1) is 0 Å². The van der Waals surface area contributed by atoms with Crippen molar-refractivity contribution in [3.63, 3.8) is 0 Å². The van der Waals surface area contributed by atoms with Crippen molar-refractivity contribution in [1.29, 1.82) is 0 Å². The standard InChI is InChI=1S/C21H21N3O6S/c1-12(25)13-5-7-15(8-6-13)22-18(26)11-31-21-24-23-20(30-21)14-9-16(27-2)19(29-4)17(10-14)28-3/h5-10H,11H2,1-4H3,(H,22,26). The van der Waals surface area contributed by atoms with E-state index in [-0.39, 0.29) is 28.6 Å². The molecule has 2 aromatic carbocycles. The summed E-state index contributed by atoms with van der Waals surface area (Å²) in [6.07, 6.45) is 0. The molecule has 1 aromatic heterocycles. The summed E-state index contributed by atoms with van der Waals surface area (Å²) in [4.78, 5) is 23.5. The van der Waals surface area contributed by atoms with Crippen LogP contribution >= 0.6 is 11.8 Å². The highest BCUT2D eigenvalue weighted by Gasteiger charge is 2.18. The number of anilines is 1. The summed E-state index contributed by atoms with van der Waals surface area (Å²) >= 11 is 1.11. The molecule has 0 saturated carbocycles. The van der Waals surface area contributed by atoms with E-state index in [0.29, 0.717) is 34.1 Å². The number of carbonyl (C=O) groups is 2. The van der Waals surface area contributed by atoms with E-state index < -0.39 is 0 Å². The first-order chi connectivity index (χ1) is 14.9. The zero-order valence-corrected chi connectivity index (χ0v) is 18.2. The van der Waals surface area contributed by atoms with Crippen LogP contribution in [0.3, 0.4) is 0 Å². The van der Waals surface area contributed by atoms with Gasteiger partial charge in [-0.15, -0.1) is 10.2 Å². The van der Waals surface area contributed by atoms with Gasteiger partial charge in [-0.05, 0) is 43.3 Å². The predicted octanol–water partition coefficient (Wildman–Crippen LogP) is 3.70. The van der Waals surface area contributed by atoms with E-state index in [1.165, 1.54) is 28.3 Å². The number of nitrogens with one attached hydrogen (secondary N) is 1. The van der Waals surface area contributed by atoms with Crippen LogP contribution < -0.4 is 19.5 Å². The van der Waals surface area contributed by atoms with Crippen LogP contribution in [0.15, 0.2) is 46.0 Å². The van der Waals surface area contributed by atoms with Crippen molar-refractivity contribution in [3.05, 3.63) is 42.0 Å². The number of benzene rings is 2. The average Bonchev–Trinajstić information content (AvgIpc) is 3.26. The second-order valence-corrected chi connectivity index (χ2v) is 7.18. The molecule has 0 bridgehead atoms. The van der Waals surface area contributed by atoms with Gasteiger partial charge in [0.25, 0.3) is 5.22 Å². The van der Waals surface area contributed by atoms with Crippen molar-refractivity contribution in [2.45, 2.75) is 12.1 Å².